The first-order chi connectivity index (χ1) is 9.28. The molecule has 0 fully saturated rings. The second-order valence-electron chi connectivity index (χ2n) is 4.43. The summed E-state index contributed by atoms with van der Waals surface area (Å²) in [7, 11) is 1.57. The fourth-order valence-corrected chi connectivity index (χ4v) is 1.92. The Morgan fingerprint density at radius 3 is 2.74 bits per heavy atom. The SMILES string of the molecule is COc1cc(CC(O)CCc2ccccc2)ncn1. The van der Waals surface area contributed by atoms with Crippen molar-refractivity contribution in [1.82, 2.24) is 9.97 Å². The van der Waals surface area contributed by atoms with Crippen LogP contribution in [0.1, 0.15) is 17.7 Å². The number of ether oxygens (including phenoxy) is 1. The molecule has 2 rings (SSSR count). The summed E-state index contributed by atoms with van der Waals surface area (Å²) in [5.74, 6) is 0.528. The highest BCUT2D eigenvalue weighted by molar-refractivity contribution is 5.16. The number of benzene rings is 1. The van der Waals surface area contributed by atoms with Crippen molar-refractivity contribution in [2.75, 3.05) is 7.11 Å². The average Bonchev–Trinajstić information content (AvgIpc) is 2.46. The molecule has 0 aliphatic carbocycles. The van der Waals surface area contributed by atoms with E-state index in [9.17, 15) is 5.11 Å². The molecule has 19 heavy (non-hydrogen) atoms. The lowest BCUT2D eigenvalue weighted by molar-refractivity contribution is 0.164. The van der Waals surface area contributed by atoms with Crippen molar-refractivity contribution in [2.24, 2.45) is 0 Å². The third kappa shape index (κ3) is 4.34. The highest BCUT2D eigenvalue weighted by Crippen LogP contribution is 2.11. The molecule has 1 atom stereocenters. The molecule has 0 radical (unpaired) electrons. The van der Waals surface area contributed by atoms with Crippen molar-refractivity contribution >= 4 is 0 Å². The van der Waals surface area contributed by atoms with Gasteiger partial charge in [0, 0.05) is 12.5 Å². The van der Waals surface area contributed by atoms with Crippen LogP contribution in [0, 0.1) is 0 Å². The highest BCUT2D eigenvalue weighted by Gasteiger charge is 2.08. The van der Waals surface area contributed by atoms with Crippen LogP contribution in [0.25, 0.3) is 0 Å². The van der Waals surface area contributed by atoms with Gasteiger partial charge in [-0.3, -0.25) is 0 Å². The van der Waals surface area contributed by atoms with Gasteiger partial charge < -0.3 is 9.84 Å². The molecule has 100 valence electrons. The Kier molecular flexibility index (Phi) is 4.86. The Labute approximate surface area is 113 Å². The molecule has 2 aromatic rings. The van der Waals surface area contributed by atoms with E-state index in [2.05, 4.69) is 22.1 Å². The Morgan fingerprint density at radius 2 is 2.00 bits per heavy atom. The molecule has 0 amide bonds. The Morgan fingerprint density at radius 1 is 1.21 bits per heavy atom. The van der Waals surface area contributed by atoms with Crippen LogP contribution in [0.5, 0.6) is 5.88 Å². The molecule has 1 aromatic heterocycles. The first kappa shape index (κ1) is 13.5. The molecule has 1 N–H and O–H groups in total. The molecular formula is C15H18N2O2. The number of methoxy groups -OCH3 is 1. The summed E-state index contributed by atoms with van der Waals surface area (Å²) in [5, 5.41) is 10.0. The van der Waals surface area contributed by atoms with E-state index in [-0.39, 0.29) is 0 Å². The molecule has 0 saturated heterocycles. The maximum Gasteiger partial charge on any atom is 0.216 e. The van der Waals surface area contributed by atoms with Crippen LogP contribution in [-0.4, -0.2) is 28.3 Å². The number of hydrogen-bond donors (Lipinski definition) is 1. The highest BCUT2D eigenvalue weighted by atomic mass is 16.5. The molecule has 0 aliphatic rings. The van der Waals surface area contributed by atoms with Crippen LogP contribution in [0.4, 0.5) is 0 Å². The quantitative estimate of drug-likeness (QED) is 0.861. The number of rotatable bonds is 6. The third-order valence-corrected chi connectivity index (χ3v) is 2.96. The minimum Gasteiger partial charge on any atom is -0.481 e. The van der Waals surface area contributed by atoms with E-state index in [4.69, 9.17) is 4.74 Å². The summed E-state index contributed by atoms with van der Waals surface area (Å²) in [6, 6.07) is 11.9. The predicted molar refractivity (Wildman–Crippen MR) is 73.1 cm³/mol. The number of aliphatic hydroxyl groups is 1. The molecule has 0 aliphatic heterocycles. The van der Waals surface area contributed by atoms with Gasteiger partial charge in [-0.1, -0.05) is 30.3 Å². The topological polar surface area (TPSA) is 55.2 Å². The van der Waals surface area contributed by atoms with E-state index in [1.165, 1.54) is 11.9 Å². The Bertz CT molecular complexity index is 503. The van der Waals surface area contributed by atoms with Crippen LogP contribution in [0.3, 0.4) is 0 Å². The number of aromatic nitrogens is 2. The molecule has 1 heterocycles. The standard InChI is InChI=1S/C15H18N2O2/c1-19-15-10-13(16-11-17-15)9-14(18)8-7-12-5-3-2-4-6-12/h2-6,10-11,14,18H,7-9H2,1H3. The fourth-order valence-electron chi connectivity index (χ4n) is 1.92. The summed E-state index contributed by atoms with van der Waals surface area (Å²) < 4.78 is 5.03. The van der Waals surface area contributed by atoms with Crippen LogP contribution in [0.15, 0.2) is 42.7 Å². The van der Waals surface area contributed by atoms with Crippen molar-refractivity contribution in [2.45, 2.75) is 25.4 Å². The lowest BCUT2D eigenvalue weighted by Crippen LogP contribution is -2.13. The molecular weight excluding hydrogens is 240 g/mol. The molecule has 0 saturated carbocycles. The smallest absolute Gasteiger partial charge is 0.216 e. The second kappa shape index (κ2) is 6.85. The molecule has 1 unspecified atom stereocenters. The lowest BCUT2D eigenvalue weighted by Gasteiger charge is -2.10. The number of aryl methyl sites for hydroxylation is 1. The zero-order valence-electron chi connectivity index (χ0n) is 11.0. The van der Waals surface area contributed by atoms with Gasteiger partial charge in [-0.05, 0) is 18.4 Å². The number of aliphatic hydroxyl groups excluding tert-OH is 1. The summed E-state index contributed by atoms with van der Waals surface area (Å²) >= 11 is 0. The Hall–Kier alpha value is -1.94. The average molecular weight is 258 g/mol. The van der Waals surface area contributed by atoms with E-state index in [0.717, 1.165) is 18.5 Å². The van der Waals surface area contributed by atoms with Crippen molar-refractivity contribution in [3.8, 4) is 5.88 Å². The normalized spacial score (nSPS) is 12.1. The first-order valence-corrected chi connectivity index (χ1v) is 6.35. The molecule has 1 aromatic carbocycles. The summed E-state index contributed by atoms with van der Waals surface area (Å²) in [6.07, 6.45) is 3.16. The van der Waals surface area contributed by atoms with E-state index >= 15 is 0 Å². The monoisotopic (exact) mass is 258 g/mol. The predicted octanol–water partition coefficient (Wildman–Crippen LogP) is 2.02. The first-order valence-electron chi connectivity index (χ1n) is 6.35. The lowest BCUT2D eigenvalue weighted by atomic mass is 10.0. The summed E-state index contributed by atoms with van der Waals surface area (Å²) in [6.45, 7) is 0. The van der Waals surface area contributed by atoms with Crippen LogP contribution in [-0.2, 0) is 12.8 Å². The third-order valence-electron chi connectivity index (χ3n) is 2.96. The van der Waals surface area contributed by atoms with Gasteiger partial charge in [0.15, 0.2) is 0 Å². The van der Waals surface area contributed by atoms with Gasteiger partial charge in [0.05, 0.1) is 18.9 Å². The van der Waals surface area contributed by atoms with Crippen molar-refractivity contribution < 1.29 is 9.84 Å². The molecule has 0 bridgehead atoms. The molecule has 0 spiro atoms. The van der Waals surface area contributed by atoms with Gasteiger partial charge in [0.1, 0.15) is 6.33 Å². The largest absolute Gasteiger partial charge is 0.481 e. The molecule has 4 heteroatoms. The second-order valence-corrected chi connectivity index (χ2v) is 4.43. The maximum atomic E-state index is 10.0. The summed E-state index contributed by atoms with van der Waals surface area (Å²) in [4.78, 5) is 8.07. The van der Waals surface area contributed by atoms with Crippen molar-refractivity contribution in [1.29, 1.82) is 0 Å². The molecule has 4 nitrogen and oxygen atoms in total. The van der Waals surface area contributed by atoms with Gasteiger partial charge in [-0.2, -0.15) is 0 Å². The van der Waals surface area contributed by atoms with Crippen LogP contribution in [0.2, 0.25) is 0 Å². The zero-order chi connectivity index (χ0) is 13.5. The van der Waals surface area contributed by atoms with Gasteiger partial charge in [-0.25, -0.2) is 9.97 Å². The fraction of sp³-hybridized carbons (Fsp3) is 0.333. The summed E-state index contributed by atoms with van der Waals surface area (Å²) in [5.41, 5.74) is 2.04. The maximum absolute atomic E-state index is 10.0. The van der Waals surface area contributed by atoms with Gasteiger partial charge >= 0.3 is 0 Å². The van der Waals surface area contributed by atoms with Gasteiger partial charge in [0.2, 0.25) is 5.88 Å². The van der Waals surface area contributed by atoms with E-state index in [1.807, 2.05) is 18.2 Å². The van der Waals surface area contributed by atoms with Gasteiger partial charge in [-0.15, -0.1) is 0 Å². The van der Waals surface area contributed by atoms with Crippen molar-refractivity contribution in [3.05, 3.63) is 54.0 Å². The van der Waals surface area contributed by atoms with Crippen LogP contribution < -0.4 is 4.74 Å². The van der Waals surface area contributed by atoms with E-state index in [1.54, 1.807) is 13.2 Å². The number of hydrogen-bond acceptors (Lipinski definition) is 4. The number of nitrogens with zero attached hydrogens (tertiary/aromatic N) is 2. The van der Waals surface area contributed by atoms with E-state index < -0.39 is 6.10 Å². The van der Waals surface area contributed by atoms with Gasteiger partial charge in [0.25, 0.3) is 0 Å². The van der Waals surface area contributed by atoms with E-state index in [0.29, 0.717) is 12.3 Å². The Balaban J connectivity index is 1.85. The minimum atomic E-state index is -0.403. The van der Waals surface area contributed by atoms with Crippen molar-refractivity contribution in [3.63, 3.8) is 0 Å². The zero-order valence-corrected chi connectivity index (χ0v) is 11.0. The van der Waals surface area contributed by atoms with Crippen LogP contribution >= 0.6 is 0 Å². The minimum absolute atomic E-state index is 0.403.